The molecule has 1 fully saturated rings. The molecule has 1 aliphatic rings. The summed E-state index contributed by atoms with van der Waals surface area (Å²) < 4.78 is 0. The Hall–Kier alpha value is -1.31. The molecule has 0 spiro atoms. The summed E-state index contributed by atoms with van der Waals surface area (Å²) in [4.78, 5) is 0. The van der Waals surface area contributed by atoms with Gasteiger partial charge in [-0.15, -0.1) is 0 Å². The fourth-order valence-electron chi connectivity index (χ4n) is 2.16. The number of rotatable bonds is 2. The fraction of sp³-hybridized carbons (Fsp3) is 0.200. The highest BCUT2D eigenvalue weighted by atomic mass is 35.5. The molecular formula is C15H14ClN. The van der Waals surface area contributed by atoms with Crippen LogP contribution in [0.15, 0.2) is 48.5 Å². The van der Waals surface area contributed by atoms with Crippen molar-refractivity contribution in [2.24, 2.45) is 0 Å². The van der Waals surface area contributed by atoms with Crippen molar-refractivity contribution in [1.29, 1.82) is 0 Å². The topological polar surface area (TPSA) is 12.0 Å². The van der Waals surface area contributed by atoms with E-state index in [2.05, 4.69) is 35.6 Å². The van der Waals surface area contributed by atoms with Crippen LogP contribution in [0.25, 0.3) is 11.1 Å². The second-order valence-electron chi connectivity index (χ2n) is 4.46. The minimum atomic E-state index is 0.636. The summed E-state index contributed by atoms with van der Waals surface area (Å²) in [6, 6.07) is 16.7. The van der Waals surface area contributed by atoms with E-state index in [4.69, 9.17) is 11.6 Å². The summed E-state index contributed by atoms with van der Waals surface area (Å²) in [6.07, 6.45) is 0. The first-order chi connectivity index (χ1) is 8.34. The zero-order valence-corrected chi connectivity index (χ0v) is 10.2. The smallest absolute Gasteiger partial charge is 0.0487 e. The van der Waals surface area contributed by atoms with E-state index in [1.807, 2.05) is 18.2 Å². The molecule has 0 radical (unpaired) electrons. The van der Waals surface area contributed by atoms with Gasteiger partial charge >= 0.3 is 0 Å². The molecule has 1 nitrogen and oxygen atoms in total. The molecule has 86 valence electrons. The zero-order chi connectivity index (χ0) is 11.7. The normalized spacial score (nSPS) is 15.6. The van der Waals surface area contributed by atoms with Crippen LogP contribution in [0, 0.1) is 0 Å². The summed E-state index contributed by atoms with van der Waals surface area (Å²) in [5.74, 6) is 0.636. The maximum Gasteiger partial charge on any atom is 0.0487 e. The van der Waals surface area contributed by atoms with Gasteiger partial charge in [0.15, 0.2) is 0 Å². The molecule has 1 aliphatic heterocycles. The van der Waals surface area contributed by atoms with Crippen molar-refractivity contribution >= 4 is 11.6 Å². The molecule has 0 unspecified atom stereocenters. The molecule has 0 bridgehead atoms. The lowest BCUT2D eigenvalue weighted by Gasteiger charge is -2.27. The van der Waals surface area contributed by atoms with Crippen molar-refractivity contribution in [2.75, 3.05) is 13.1 Å². The molecule has 1 N–H and O–H groups in total. The summed E-state index contributed by atoms with van der Waals surface area (Å²) >= 11 is 6.37. The highest BCUT2D eigenvalue weighted by molar-refractivity contribution is 6.33. The van der Waals surface area contributed by atoms with Crippen LogP contribution < -0.4 is 5.32 Å². The van der Waals surface area contributed by atoms with Crippen LogP contribution in [-0.2, 0) is 0 Å². The number of nitrogens with one attached hydrogen (secondary N) is 1. The molecule has 0 atom stereocenters. The SMILES string of the molecule is Clc1cc(C2CNC2)ccc1-c1ccccc1. The van der Waals surface area contributed by atoms with Crippen LogP contribution in [0.1, 0.15) is 11.5 Å². The Labute approximate surface area is 106 Å². The van der Waals surface area contributed by atoms with Gasteiger partial charge in [-0.05, 0) is 17.2 Å². The van der Waals surface area contributed by atoms with Gasteiger partial charge in [-0.3, -0.25) is 0 Å². The third-order valence-corrected chi connectivity index (χ3v) is 3.64. The Morgan fingerprint density at radius 1 is 1.00 bits per heavy atom. The van der Waals surface area contributed by atoms with Gasteiger partial charge in [0, 0.05) is 29.6 Å². The Kier molecular flexibility index (Phi) is 2.87. The molecular weight excluding hydrogens is 230 g/mol. The Balaban J connectivity index is 1.96. The van der Waals surface area contributed by atoms with E-state index >= 15 is 0 Å². The van der Waals surface area contributed by atoms with Crippen molar-refractivity contribution in [1.82, 2.24) is 5.32 Å². The lowest BCUT2D eigenvalue weighted by molar-refractivity contribution is 0.448. The Morgan fingerprint density at radius 3 is 2.35 bits per heavy atom. The predicted octanol–water partition coefficient (Wildman–Crippen LogP) is 3.69. The lowest BCUT2D eigenvalue weighted by Crippen LogP contribution is -2.39. The number of benzene rings is 2. The number of hydrogen-bond donors (Lipinski definition) is 1. The molecule has 17 heavy (non-hydrogen) atoms. The maximum atomic E-state index is 6.37. The zero-order valence-electron chi connectivity index (χ0n) is 9.49. The van der Waals surface area contributed by atoms with Gasteiger partial charge in [0.2, 0.25) is 0 Å². The van der Waals surface area contributed by atoms with Crippen molar-refractivity contribution < 1.29 is 0 Å². The van der Waals surface area contributed by atoms with E-state index in [9.17, 15) is 0 Å². The molecule has 2 aromatic rings. The predicted molar refractivity (Wildman–Crippen MR) is 72.5 cm³/mol. The third-order valence-electron chi connectivity index (χ3n) is 3.33. The van der Waals surface area contributed by atoms with Crippen LogP contribution in [0.2, 0.25) is 5.02 Å². The molecule has 0 saturated carbocycles. The summed E-state index contributed by atoms with van der Waals surface area (Å²) in [5.41, 5.74) is 3.63. The van der Waals surface area contributed by atoms with E-state index in [0.717, 1.165) is 23.7 Å². The molecule has 2 aromatic carbocycles. The van der Waals surface area contributed by atoms with E-state index in [-0.39, 0.29) is 0 Å². The molecule has 0 aliphatic carbocycles. The van der Waals surface area contributed by atoms with Crippen LogP contribution in [0.4, 0.5) is 0 Å². The second-order valence-corrected chi connectivity index (χ2v) is 4.87. The lowest BCUT2D eigenvalue weighted by atomic mass is 9.92. The van der Waals surface area contributed by atoms with Crippen molar-refractivity contribution in [3.8, 4) is 11.1 Å². The standard InChI is InChI=1S/C15H14ClN/c16-15-8-12(13-9-17-10-13)6-7-14(15)11-4-2-1-3-5-11/h1-8,13,17H,9-10H2. The summed E-state index contributed by atoms with van der Waals surface area (Å²) in [6.45, 7) is 2.14. The number of hydrogen-bond acceptors (Lipinski definition) is 1. The minimum Gasteiger partial charge on any atom is -0.315 e. The largest absolute Gasteiger partial charge is 0.315 e. The average molecular weight is 244 g/mol. The van der Waals surface area contributed by atoms with Gasteiger partial charge in [-0.25, -0.2) is 0 Å². The van der Waals surface area contributed by atoms with Gasteiger partial charge in [0.05, 0.1) is 0 Å². The molecule has 0 amide bonds. The quantitative estimate of drug-likeness (QED) is 0.848. The monoisotopic (exact) mass is 243 g/mol. The third kappa shape index (κ3) is 2.08. The fourth-order valence-corrected chi connectivity index (χ4v) is 2.46. The van der Waals surface area contributed by atoms with Crippen molar-refractivity contribution in [3.05, 3.63) is 59.1 Å². The molecule has 1 saturated heterocycles. The highest BCUT2D eigenvalue weighted by Gasteiger charge is 2.19. The van der Waals surface area contributed by atoms with Gasteiger partial charge in [-0.2, -0.15) is 0 Å². The van der Waals surface area contributed by atoms with Crippen LogP contribution >= 0.6 is 11.6 Å². The first-order valence-electron chi connectivity index (χ1n) is 5.90. The first-order valence-corrected chi connectivity index (χ1v) is 6.28. The molecule has 0 aromatic heterocycles. The highest BCUT2D eigenvalue weighted by Crippen LogP contribution is 2.31. The van der Waals surface area contributed by atoms with Gasteiger partial charge in [0.25, 0.3) is 0 Å². The summed E-state index contributed by atoms with van der Waals surface area (Å²) in [7, 11) is 0. The second kappa shape index (κ2) is 4.52. The maximum absolute atomic E-state index is 6.37. The van der Waals surface area contributed by atoms with Gasteiger partial charge in [-0.1, -0.05) is 54.1 Å². The van der Waals surface area contributed by atoms with Crippen LogP contribution in [0.5, 0.6) is 0 Å². The molecule has 3 rings (SSSR count). The Morgan fingerprint density at radius 2 is 1.76 bits per heavy atom. The van der Waals surface area contributed by atoms with Crippen LogP contribution in [0.3, 0.4) is 0 Å². The van der Waals surface area contributed by atoms with E-state index < -0.39 is 0 Å². The minimum absolute atomic E-state index is 0.636. The van der Waals surface area contributed by atoms with E-state index in [0.29, 0.717) is 5.92 Å². The van der Waals surface area contributed by atoms with Crippen molar-refractivity contribution in [2.45, 2.75) is 5.92 Å². The molecule has 1 heterocycles. The first kappa shape index (κ1) is 10.8. The number of halogens is 1. The summed E-state index contributed by atoms with van der Waals surface area (Å²) in [5, 5.41) is 4.13. The molecule has 2 heteroatoms. The average Bonchev–Trinajstić information content (AvgIpc) is 2.28. The van der Waals surface area contributed by atoms with E-state index in [1.165, 1.54) is 11.1 Å². The van der Waals surface area contributed by atoms with Crippen molar-refractivity contribution in [3.63, 3.8) is 0 Å². The Bertz CT molecular complexity index is 518. The van der Waals surface area contributed by atoms with Gasteiger partial charge < -0.3 is 5.32 Å². The van der Waals surface area contributed by atoms with Crippen LogP contribution in [-0.4, -0.2) is 13.1 Å². The van der Waals surface area contributed by atoms with E-state index in [1.54, 1.807) is 0 Å². The van der Waals surface area contributed by atoms with Gasteiger partial charge in [0.1, 0.15) is 0 Å².